The van der Waals surface area contributed by atoms with Crippen LogP contribution in [-0.4, -0.2) is 89.2 Å². The lowest BCUT2D eigenvalue weighted by atomic mass is 9.91. The smallest absolute Gasteiger partial charge is 0.409 e. The van der Waals surface area contributed by atoms with Gasteiger partial charge in [-0.15, -0.1) is 0 Å². The number of benzene rings is 2. The Morgan fingerprint density at radius 3 is 2.84 bits per heavy atom. The van der Waals surface area contributed by atoms with Crippen molar-refractivity contribution in [3.8, 4) is 23.0 Å². The number of nitrogens with zero attached hydrogens (tertiary/aromatic N) is 5. The van der Waals surface area contributed by atoms with Crippen molar-refractivity contribution in [2.24, 2.45) is 5.73 Å². The Kier molecular flexibility index (Phi) is 9.29. The van der Waals surface area contributed by atoms with E-state index in [1.807, 2.05) is 48.9 Å². The summed E-state index contributed by atoms with van der Waals surface area (Å²) in [5.74, 6) is -0.177. The maximum absolute atomic E-state index is 17.2. The summed E-state index contributed by atoms with van der Waals surface area (Å²) >= 11 is 0. The van der Waals surface area contributed by atoms with Gasteiger partial charge in [0.2, 0.25) is 0 Å². The second-order valence-electron chi connectivity index (χ2n) is 14.3. The fraction of sp³-hybridized carbons (Fsp3) is 0.486. The van der Waals surface area contributed by atoms with E-state index >= 15 is 4.39 Å². The first-order chi connectivity index (χ1) is 24.5. The van der Waals surface area contributed by atoms with E-state index in [2.05, 4.69) is 15.3 Å². The molecule has 2 amide bonds. The quantitative estimate of drug-likeness (QED) is 0.243. The Morgan fingerprint density at radius 2 is 2.08 bits per heavy atom. The highest BCUT2D eigenvalue weighted by Crippen LogP contribution is 2.40. The molecule has 51 heavy (non-hydrogen) atoms. The molecule has 8 rings (SSSR count). The van der Waals surface area contributed by atoms with Crippen molar-refractivity contribution < 1.29 is 32.6 Å². The summed E-state index contributed by atoms with van der Waals surface area (Å²) in [6.07, 6.45) is 3.31. The van der Waals surface area contributed by atoms with Crippen molar-refractivity contribution >= 4 is 39.7 Å². The fourth-order valence-corrected chi connectivity index (χ4v) is 8.12. The molecule has 2 fully saturated rings. The van der Waals surface area contributed by atoms with Crippen molar-refractivity contribution in [2.75, 3.05) is 44.8 Å². The number of hydrogen-bond acceptors (Lipinski definition) is 10. The minimum atomic E-state index is -1.01. The Bertz CT molecular complexity index is 2000. The summed E-state index contributed by atoms with van der Waals surface area (Å²) in [5, 5.41) is 4.78. The maximum atomic E-state index is 17.2. The van der Waals surface area contributed by atoms with E-state index in [4.69, 9.17) is 24.9 Å². The molecule has 0 aliphatic carbocycles. The molecular formula is C37H43F2N7O5. The number of ether oxygens (including phenoxy) is 3. The summed E-state index contributed by atoms with van der Waals surface area (Å²) < 4.78 is 49.1. The fourth-order valence-electron chi connectivity index (χ4n) is 8.12. The zero-order valence-corrected chi connectivity index (χ0v) is 29.1. The first-order valence-corrected chi connectivity index (χ1v) is 17.5. The predicted molar refractivity (Wildman–Crippen MR) is 188 cm³/mol. The van der Waals surface area contributed by atoms with Crippen LogP contribution in [0.4, 0.5) is 24.2 Å². The normalized spacial score (nSPS) is 24.1. The third-order valence-electron chi connectivity index (χ3n) is 10.4. The number of carbonyl (C=O) groups is 2. The highest BCUT2D eigenvalue weighted by Gasteiger charge is 2.44. The molecule has 4 aliphatic rings. The van der Waals surface area contributed by atoms with Crippen LogP contribution in [0.3, 0.4) is 0 Å². The molecule has 4 aliphatic heterocycles. The number of pyridine rings is 1. The molecule has 270 valence electrons. The SMILES string of the molecule is CCC[C@@]1(COc2nc3c4cnc(c(F)c4n2)-c2cc(OC(N)=O)cc4cccc(c24)CCCOC(=O)N[C@]2(C)CCCN3C2)C[C@@H](F)CN1C. The van der Waals surface area contributed by atoms with Gasteiger partial charge in [-0.05, 0) is 74.5 Å². The number of aromatic nitrogens is 3. The summed E-state index contributed by atoms with van der Waals surface area (Å²) in [6.45, 7) is 5.53. The number of hydrogen-bond donors (Lipinski definition) is 2. The number of primary amides is 1. The summed E-state index contributed by atoms with van der Waals surface area (Å²) in [6, 6.07) is 8.76. The monoisotopic (exact) mass is 703 g/mol. The number of nitrogens with two attached hydrogens (primary N) is 1. The van der Waals surface area contributed by atoms with Crippen molar-refractivity contribution in [1.29, 1.82) is 0 Å². The van der Waals surface area contributed by atoms with Crippen molar-refractivity contribution in [1.82, 2.24) is 25.2 Å². The zero-order chi connectivity index (χ0) is 35.9. The molecule has 0 unspecified atom stereocenters. The predicted octanol–water partition coefficient (Wildman–Crippen LogP) is 6.06. The van der Waals surface area contributed by atoms with Crippen LogP contribution in [0.1, 0.15) is 57.9 Å². The number of aryl methyl sites for hydroxylation is 1. The number of alkyl halides is 1. The van der Waals surface area contributed by atoms with E-state index < -0.39 is 35.3 Å². The number of halogens is 2. The molecule has 3 N–H and O–H groups in total. The average Bonchev–Trinajstić information content (AvgIpc) is 3.36. The number of fused-ring (bicyclic) bond motifs is 6. The van der Waals surface area contributed by atoms with Crippen molar-refractivity contribution in [2.45, 2.75) is 76.0 Å². The van der Waals surface area contributed by atoms with Gasteiger partial charge in [-0.3, -0.25) is 9.88 Å². The topological polar surface area (TPSA) is 145 Å². The molecular weight excluding hydrogens is 660 g/mol. The van der Waals surface area contributed by atoms with Gasteiger partial charge in [0.1, 0.15) is 35.6 Å². The minimum absolute atomic E-state index is 0.00962. The average molecular weight is 704 g/mol. The van der Waals surface area contributed by atoms with Crippen molar-refractivity contribution in [3.05, 3.63) is 47.9 Å². The van der Waals surface area contributed by atoms with Crippen LogP contribution in [0.25, 0.3) is 32.9 Å². The summed E-state index contributed by atoms with van der Waals surface area (Å²) in [5.41, 5.74) is 5.36. The van der Waals surface area contributed by atoms with Gasteiger partial charge in [-0.25, -0.2) is 18.4 Å². The number of anilines is 1. The molecule has 6 bridgehead atoms. The zero-order valence-electron chi connectivity index (χ0n) is 29.1. The standard InChI is InChI=1S/C37H43F2N7O5/c1-4-11-37(17-24(38)19-45(37)3)21-50-34-42-31-27-18-41-30(29(31)39)26-16-25(51-33(40)47)15-23-9-5-8-22(28(23)26)10-6-14-49-35(48)44-36(2)12-7-13-46(20-36)32(27)43-34/h5,8-9,15-16,18,24H,4,6-7,10-14,17,19-21H2,1-3H3,(H2,40,47)(H,44,48)/t24-,36-,37+/m1/s1. The highest BCUT2D eigenvalue weighted by molar-refractivity contribution is 6.02. The van der Waals surface area contributed by atoms with Crippen LogP contribution >= 0.6 is 0 Å². The van der Waals surface area contributed by atoms with Crippen LogP contribution in [0.2, 0.25) is 0 Å². The Morgan fingerprint density at radius 1 is 1.24 bits per heavy atom. The second-order valence-corrected chi connectivity index (χ2v) is 14.3. The first-order valence-electron chi connectivity index (χ1n) is 17.5. The first kappa shape index (κ1) is 34.6. The second kappa shape index (κ2) is 13.7. The third-order valence-corrected chi connectivity index (χ3v) is 10.4. The summed E-state index contributed by atoms with van der Waals surface area (Å²) in [7, 11) is 1.89. The van der Waals surface area contributed by atoms with Crippen LogP contribution in [-0.2, 0) is 11.2 Å². The maximum Gasteiger partial charge on any atom is 0.409 e. The third kappa shape index (κ3) is 6.80. The minimum Gasteiger partial charge on any atom is -0.461 e. The van der Waals surface area contributed by atoms with E-state index in [0.29, 0.717) is 85.7 Å². The van der Waals surface area contributed by atoms with Crippen LogP contribution < -0.4 is 25.4 Å². The van der Waals surface area contributed by atoms with Crippen molar-refractivity contribution in [3.63, 3.8) is 0 Å². The van der Waals surface area contributed by atoms with Gasteiger partial charge >= 0.3 is 18.2 Å². The number of rotatable bonds is 6. The van der Waals surface area contributed by atoms with E-state index in [9.17, 15) is 14.0 Å². The van der Waals surface area contributed by atoms with Crippen LogP contribution in [0, 0.1) is 5.82 Å². The van der Waals surface area contributed by atoms with Gasteiger partial charge < -0.3 is 30.2 Å². The van der Waals surface area contributed by atoms with E-state index in [0.717, 1.165) is 12.0 Å². The number of likely N-dealkylation sites (N-methyl/N-ethyl adjacent to an activating group) is 1. The lowest BCUT2D eigenvalue weighted by molar-refractivity contribution is 0.0825. The lowest BCUT2D eigenvalue weighted by Gasteiger charge is -2.41. The molecule has 0 radical (unpaired) electrons. The molecule has 14 heteroatoms. The largest absolute Gasteiger partial charge is 0.461 e. The molecule has 0 saturated carbocycles. The molecule has 6 heterocycles. The Balaban J connectivity index is 1.43. The number of alkyl carbamates (subject to hydrolysis) is 1. The molecule has 0 spiro atoms. The molecule has 2 aromatic carbocycles. The van der Waals surface area contributed by atoms with E-state index in [-0.39, 0.29) is 36.2 Å². The Hall–Kier alpha value is -4.85. The molecule has 4 aromatic rings. The van der Waals surface area contributed by atoms with Gasteiger partial charge in [0.15, 0.2) is 5.82 Å². The van der Waals surface area contributed by atoms with Crippen LogP contribution in [0.5, 0.6) is 11.8 Å². The van der Waals surface area contributed by atoms with Gasteiger partial charge in [0.25, 0.3) is 0 Å². The number of piperidine rings is 1. The molecule has 12 nitrogen and oxygen atoms in total. The lowest BCUT2D eigenvalue weighted by Crippen LogP contribution is -2.57. The summed E-state index contributed by atoms with van der Waals surface area (Å²) in [4.78, 5) is 42.9. The van der Waals surface area contributed by atoms with Gasteiger partial charge in [-0.2, -0.15) is 9.97 Å². The number of likely N-dealkylation sites (tertiary alicyclic amines) is 1. The van der Waals surface area contributed by atoms with E-state index in [1.54, 1.807) is 18.3 Å². The highest BCUT2D eigenvalue weighted by atomic mass is 19.1. The molecule has 2 saturated heterocycles. The number of nitrogens with one attached hydrogen (secondary N) is 1. The van der Waals surface area contributed by atoms with Crippen LogP contribution in [0.15, 0.2) is 36.5 Å². The van der Waals surface area contributed by atoms with Gasteiger partial charge in [0.05, 0.1) is 23.1 Å². The van der Waals surface area contributed by atoms with Gasteiger partial charge in [-0.1, -0.05) is 31.5 Å². The molecule has 3 atom stereocenters. The molecule has 2 aromatic heterocycles. The Labute approximate surface area is 294 Å². The number of amides is 2. The number of carbonyl (C=O) groups excluding carboxylic acids is 2. The van der Waals surface area contributed by atoms with Gasteiger partial charge in [0, 0.05) is 37.8 Å². The van der Waals surface area contributed by atoms with E-state index in [1.165, 1.54) is 0 Å².